The van der Waals surface area contributed by atoms with Crippen molar-refractivity contribution in [1.82, 2.24) is 14.6 Å². The van der Waals surface area contributed by atoms with Gasteiger partial charge in [-0.2, -0.15) is 22.9 Å². The number of rotatable bonds is 6. The van der Waals surface area contributed by atoms with Crippen molar-refractivity contribution in [2.75, 3.05) is 0 Å². The van der Waals surface area contributed by atoms with Crippen LogP contribution in [0, 0.1) is 10.1 Å². The number of hydrogen-bond acceptors (Lipinski definition) is 7. The van der Waals surface area contributed by atoms with Crippen LogP contribution in [0.1, 0.15) is 11.1 Å². The number of halogens is 5. The maximum Gasteiger partial charge on any atom is 0.416 e. The molecule has 0 aliphatic rings. The van der Waals surface area contributed by atoms with Gasteiger partial charge in [-0.1, -0.05) is 24.3 Å². The largest absolute Gasteiger partial charge is 0.437 e. The number of benzene rings is 3. The maximum atomic E-state index is 13.4. The van der Waals surface area contributed by atoms with Crippen molar-refractivity contribution in [2.45, 2.75) is 6.18 Å². The molecule has 2 heterocycles. The van der Waals surface area contributed by atoms with Crippen molar-refractivity contribution >= 4 is 54.7 Å². The van der Waals surface area contributed by atoms with Crippen LogP contribution in [0.15, 0.2) is 97.8 Å². The molecule has 0 atom stereocenters. The highest BCUT2D eigenvalue weighted by atomic mass is 79.9. The number of hydrogen-bond donors (Lipinski definition) is 0. The Labute approximate surface area is 245 Å². The summed E-state index contributed by atoms with van der Waals surface area (Å²) in [5.74, 6) is 0.356. The fraction of sp³-hybridized carbons (Fsp3) is 0.0370. The van der Waals surface area contributed by atoms with Crippen molar-refractivity contribution in [1.29, 1.82) is 0 Å². The smallest absolute Gasteiger partial charge is 0.416 e. The number of nitrogens with zero attached hydrogens (tertiary/aromatic N) is 5. The number of pyridine rings is 1. The van der Waals surface area contributed by atoms with Gasteiger partial charge in [-0.25, -0.2) is 9.97 Å². The topological polar surface area (TPSA) is 113 Å². The predicted molar refractivity (Wildman–Crippen MR) is 152 cm³/mol. The molecule has 206 valence electrons. The SMILES string of the molecule is O=c1c2ccccc2nc(-c2cccc(C(F)(F)F)c2)n1N=Cc1cc(Br)c(Oc2ccc([N+](=O)[O-])cn2)c(Br)c1. The van der Waals surface area contributed by atoms with Crippen molar-refractivity contribution in [2.24, 2.45) is 5.10 Å². The highest BCUT2D eigenvalue weighted by Gasteiger charge is 2.31. The molecule has 0 saturated carbocycles. The van der Waals surface area contributed by atoms with Gasteiger partial charge in [-0.3, -0.25) is 14.9 Å². The monoisotopic (exact) mass is 687 g/mol. The lowest BCUT2D eigenvalue weighted by atomic mass is 10.1. The van der Waals surface area contributed by atoms with Gasteiger partial charge in [-0.15, -0.1) is 0 Å². The Bertz CT molecular complexity index is 1870. The van der Waals surface area contributed by atoms with E-state index in [1.54, 1.807) is 36.4 Å². The van der Waals surface area contributed by atoms with E-state index in [1.807, 2.05) is 0 Å². The van der Waals surface area contributed by atoms with Crippen LogP contribution < -0.4 is 10.3 Å². The van der Waals surface area contributed by atoms with E-state index < -0.39 is 22.2 Å². The summed E-state index contributed by atoms with van der Waals surface area (Å²) in [6.45, 7) is 0. The van der Waals surface area contributed by atoms with Crippen LogP contribution in [0.25, 0.3) is 22.3 Å². The first-order valence-electron chi connectivity index (χ1n) is 11.5. The summed E-state index contributed by atoms with van der Waals surface area (Å²) in [4.78, 5) is 32.0. The third-order valence-corrected chi connectivity index (χ3v) is 6.86. The van der Waals surface area contributed by atoms with E-state index in [-0.39, 0.29) is 28.3 Å². The average molecular weight is 689 g/mol. The van der Waals surface area contributed by atoms with Crippen LogP contribution in [0.5, 0.6) is 11.6 Å². The summed E-state index contributed by atoms with van der Waals surface area (Å²) in [6, 6.07) is 16.8. The molecule has 0 bridgehead atoms. The average Bonchev–Trinajstić information content (AvgIpc) is 2.94. The Morgan fingerprint density at radius 1 is 1.00 bits per heavy atom. The van der Waals surface area contributed by atoms with Gasteiger partial charge in [0.25, 0.3) is 11.2 Å². The first kappa shape index (κ1) is 28.1. The Morgan fingerprint density at radius 2 is 1.73 bits per heavy atom. The molecule has 0 saturated heterocycles. The highest BCUT2D eigenvalue weighted by Crippen LogP contribution is 2.37. The van der Waals surface area contributed by atoms with Crippen LogP contribution in [0.4, 0.5) is 18.9 Å². The molecule has 0 aliphatic heterocycles. The Morgan fingerprint density at radius 3 is 2.39 bits per heavy atom. The number of alkyl halides is 3. The third kappa shape index (κ3) is 6.02. The van der Waals surface area contributed by atoms with Crippen molar-refractivity contribution < 1.29 is 22.8 Å². The van der Waals surface area contributed by atoms with Gasteiger partial charge in [0, 0.05) is 17.7 Å². The van der Waals surface area contributed by atoms with Gasteiger partial charge < -0.3 is 4.74 Å². The molecule has 0 aliphatic carbocycles. The van der Waals surface area contributed by atoms with Crippen molar-refractivity contribution in [3.8, 4) is 23.0 Å². The van der Waals surface area contributed by atoms with E-state index in [1.165, 1.54) is 30.5 Å². The number of aromatic nitrogens is 3. The Balaban J connectivity index is 1.54. The van der Waals surface area contributed by atoms with E-state index >= 15 is 0 Å². The lowest BCUT2D eigenvalue weighted by Gasteiger charge is -2.12. The molecular weight excluding hydrogens is 675 g/mol. The minimum absolute atomic E-state index is 0.0570. The van der Waals surface area contributed by atoms with Crippen molar-refractivity contribution in [3.63, 3.8) is 0 Å². The summed E-state index contributed by atoms with van der Waals surface area (Å²) >= 11 is 6.81. The van der Waals surface area contributed by atoms with Crippen LogP contribution >= 0.6 is 31.9 Å². The molecule has 41 heavy (non-hydrogen) atoms. The maximum absolute atomic E-state index is 13.4. The van der Waals surface area contributed by atoms with Crippen LogP contribution in [0.3, 0.4) is 0 Å². The minimum Gasteiger partial charge on any atom is -0.437 e. The first-order chi connectivity index (χ1) is 19.5. The zero-order chi connectivity index (χ0) is 29.3. The number of nitro groups is 1. The standard InChI is InChI=1S/C27H14Br2F3N5O4/c28-20-10-15(11-21(29)24(20)41-23-9-8-18(14-33-23)37(39)40)13-34-36-25(16-4-3-5-17(12-16)27(30,31)32)35-22-7-2-1-6-19(22)26(36)38/h1-14H. The fourth-order valence-electron chi connectivity index (χ4n) is 3.77. The van der Waals surface area contributed by atoms with Gasteiger partial charge in [-0.05, 0) is 73.8 Å². The molecule has 14 heteroatoms. The van der Waals surface area contributed by atoms with E-state index in [4.69, 9.17) is 4.74 Å². The number of para-hydroxylation sites is 1. The molecule has 2 aromatic heterocycles. The molecule has 0 N–H and O–H groups in total. The Kier molecular flexibility index (Phi) is 7.69. The van der Waals surface area contributed by atoms with E-state index in [2.05, 4.69) is 46.9 Å². The molecule has 0 fully saturated rings. The van der Waals surface area contributed by atoms with E-state index in [0.29, 0.717) is 25.8 Å². The number of ether oxygens (including phenoxy) is 1. The summed E-state index contributed by atoms with van der Waals surface area (Å²) in [7, 11) is 0. The van der Waals surface area contributed by atoms with E-state index in [0.717, 1.165) is 23.0 Å². The predicted octanol–water partition coefficient (Wildman–Crippen LogP) is 7.59. The molecular formula is C27H14Br2F3N5O4. The molecule has 5 aromatic rings. The minimum atomic E-state index is -4.59. The molecule has 0 spiro atoms. The first-order valence-corrected chi connectivity index (χ1v) is 13.1. The van der Waals surface area contributed by atoms with Gasteiger partial charge >= 0.3 is 6.18 Å². The lowest BCUT2D eigenvalue weighted by Crippen LogP contribution is -2.20. The quantitative estimate of drug-likeness (QED) is 0.103. The summed E-state index contributed by atoms with van der Waals surface area (Å²) < 4.78 is 47.8. The highest BCUT2D eigenvalue weighted by molar-refractivity contribution is 9.11. The molecule has 0 amide bonds. The molecule has 0 unspecified atom stereocenters. The van der Waals surface area contributed by atoms with Gasteiger partial charge in [0.05, 0.1) is 36.5 Å². The lowest BCUT2D eigenvalue weighted by molar-refractivity contribution is -0.385. The molecule has 3 aromatic carbocycles. The van der Waals surface area contributed by atoms with Crippen LogP contribution in [-0.2, 0) is 6.18 Å². The summed E-state index contributed by atoms with van der Waals surface area (Å²) in [6.07, 6.45) is -2.18. The van der Waals surface area contributed by atoms with Gasteiger partial charge in [0.1, 0.15) is 6.20 Å². The second-order valence-electron chi connectivity index (χ2n) is 8.42. The van der Waals surface area contributed by atoms with Crippen LogP contribution in [0.2, 0.25) is 0 Å². The normalized spacial score (nSPS) is 11.7. The van der Waals surface area contributed by atoms with Gasteiger partial charge in [0.15, 0.2) is 11.6 Å². The second-order valence-corrected chi connectivity index (χ2v) is 10.1. The van der Waals surface area contributed by atoms with Crippen molar-refractivity contribution in [3.05, 3.63) is 120 Å². The second kappa shape index (κ2) is 11.2. The Hall–Kier alpha value is -4.43. The number of fused-ring (bicyclic) bond motifs is 1. The molecule has 0 radical (unpaired) electrons. The fourth-order valence-corrected chi connectivity index (χ4v) is 5.16. The van der Waals surface area contributed by atoms with Gasteiger partial charge in [0.2, 0.25) is 5.88 Å². The van der Waals surface area contributed by atoms with Crippen LogP contribution in [-0.4, -0.2) is 25.8 Å². The molecule has 9 nitrogen and oxygen atoms in total. The summed E-state index contributed by atoms with van der Waals surface area (Å²) in [5.41, 5.74) is -0.794. The zero-order valence-electron chi connectivity index (χ0n) is 20.3. The van der Waals surface area contributed by atoms with E-state index in [9.17, 15) is 28.1 Å². The molecule has 5 rings (SSSR count). The third-order valence-electron chi connectivity index (χ3n) is 5.68. The zero-order valence-corrected chi connectivity index (χ0v) is 23.5. The summed E-state index contributed by atoms with van der Waals surface area (Å²) in [5, 5.41) is 15.4.